The topological polar surface area (TPSA) is 123 Å². The molecule has 0 saturated heterocycles. The van der Waals surface area contributed by atoms with Crippen molar-refractivity contribution < 1.29 is 28.7 Å². The van der Waals surface area contributed by atoms with Gasteiger partial charge in [-0.25, -0.2) is 4.79 Å². The lowest BCUT2D eigenvalue weighted by Crippen LogP contribution is -2.28. The number of allylic oxidation sites excluding steroid dienone is 2. The van der Waals surface area contributed by atoms with Crippen LogP contribution in [-0.2, 0) is 25.6 Å². The van der Waals surface area contributed by atoms with E-state index in [9.17, 15) is 19.2 Å². The van der Waals surface area contributed by atoms with Gasteiger partial charge in [0, 0.05) is 49.8 Å². The Balaban J connectivity index is 1.54. The predicted molar refractivity (Wildman–Crippen MR) is 141 cm³/mol. The number of carbonyl (C=O) groups is 4. The number of alkyl carbamates (subject to hydrolysis) is 1. The standard InChI is InChI=1S/C28H41N3O6/c1-21(32)9-4-3-7-16-30-28(35)37-18-8-17-36-20-26(33)31-19-22-12-14-23(15-13-22)27(34)24-10-5-6-11-25(24)29-2/h12-15,29H,3-11,16-20H2,1-2H3,(H,30,35)(H,31,33). The number of nitrogens with one attached hydrogen (secondary N) is 3. The van der Waals surface area contributed by atoms with Crippen LogP contribution in [0, 0.1) is 0 Å². The minimum Gasteiger partial charge on any atom is -0.449 e. The first-order chi connectivity index (χ1) is 17.9. The van der Waals surface area contributed by atoms with Crippen molar-refractivity contribution in [2.24, 2.45) is 0 Å². The number of carbonyl (C=O) groups excluding carboxylic acids is 4. The average Bonchev–Trinajstić information content (AvgIpc) is 2.91. The monoisotopic (exact) mass is 515 g/mol. The molecule has 0 spiro atoms. The van der Waals surface area contributed by atoms with E-state index in [4.69, 9.17) is 9.47 Å². The second-order valence-electron chi connectivity index (χ2n) is 9.20. The van der Waals surface area contributed by atoms with Crippen LogP contribution in [0.3, 0.4) is 0 Å². The lowest BCUT2D eigenvalue weighted by Gasteiger charge is -2.19. The first-order valence-electron chi connectivity index (χ1n) is 13.2. The number of hydrogen-bond donors (Lipinski definition) is 3. The molecule has 0 unspecified atom stereocenters. The van der Waals surface area contributed by atoms with E-state index in [1.165, 1.54) is 0 Å². The fraction of sp³-hybridized carbons (Fsp3) is 0.571. The number of hydrogen-bond acceptors (Lipinski definition) is 7. The third kappa shape index (κ3) is 12.1. The van der Waals surface area contributed by atoms with Gasteiger partial charge in [0.05, 0.1) is 13.2 Å². The molecule has 0 aromatic heterocycles. The highest BCUT2D eigenvalue weighted by Gasteiger charge is 2.19. The van der Waals surface area contributed by atoms with Crippen LogP contribution in [0.25, 0.3) is 0 Å². The Morgan fingerprint density at radius 1 is 0.892 bits per heavy atom. The zero-order valence-corrected chi connectivity index (χ0v) is 22.2. The summed E-state index contributed by atoms with van der Waals surface area (Å²) >= 11 is 0. The van der Waals surface area contributed by atoms with Crippen molar-refractivity contribution >= 4 is 23.6 Å². The Bertz CT molecular complexity index is 926. The van der Waals surface area contributed by atoms with Crippen molar-refractivity contribution in [3.8, 4) is 0 Å². The highest BCUT2D eigenvalue weighted by molar-refractivity contribution is 6.09. The Morgan fingerprint density at radius 3 is 2.38 bits per heavy atom. The number of ether oxygens (including phenoxy) is 2. The van der Waals surface area contributed by atoms with Crippen LogP contribution < -0.4 is 16.0 Å². The predicted octanol–water partition coefficient (Wildman–Crippen LogP) is 3.82. The fourth-order valence-electron chi connectivity index (χ4n) is 4.04. The molecule has 1 aromatic carbocycles. The Morgan fingerprint density at radius 2 is 1.65 bits per heavy atom. The molecule has 3 N–H and O–H groups in total. The summed E-state index contributed by atoms with van der Waals surface area (Å²) in [7, 11) is 1.86. The van der Waals surface area contributed by atoms with E-state index in [0.29, 0.717) is 38.1 Å². The van der Waals surface area contributed by atoms with Crippen LogP contribution in [0.4, 0.5) is 4.79 Å². The molecule has 2 amide bonds. The second-order valence-corrected chi connectivity index (χ2v) is 9.20. The van der Waals surface area contributed by atoms with Crippen molar-refractivity contribution in [2.45, 2.75) is 71.3 Å². The van der Waals surface area contributed by atoms with E-state index in [0.717, 1.165) is 61.8 Å². The maximum Gasteiger partial charge on any atom is 0.407 e. The molecule has 2 rings (SSSR count). The number of rotatable bonds is 17. The number of amides is 2. The summed E-state index contributed by atoms with van der Waals surface area (Å²) in [6.07, 6.45) is 6.96. The third-order valence-electron chi connectivity index (χ3n) is 6.12. The van der Waals surface area contributed by atoms with Gasteiger partial charge in [-0.3, -0.25) is 9.59 Å². The number of unbranched alkanes of at least 4 members (excludes halogenated alkanes) is 2. The Hall–Kier alpha value is -3.20. The molecule has 0 radical (unpaired) electrons. The Kier molecular flexibility index (Phi) is 14.0. The summed E-state index contributed by atoms with van der Waals surface area (Å²) in [4.78, 5) is 47.3. The van der Waals surface area contributed by atoms with Crippen LogP contribution >= 0.6 is 0 Å². The lowest BCUT2D eigenvalue weighted by molar-refractivity contribution is -0.126. The minimum atomic E-state index is -0.477. The minimum absolute atomic E-state index is 0.0654. The summed E-state index contributed by atoms with van der Waals surface area (Å²) < 4.78 is 10.4. The summed E-state index contributed by atoms with van der Waals surface area (Å²) in [5.41, 5.74) is 3.46. The van der Waals surface area contributed by atoms with E-state index in [2.05, 4.69) is 16.0 Å². The van der Waals surface area contributed by atoms with Crippen LogP contribution in [0.1, 0.15) is 80.6 Å². The van der Waals surface area contributed by atoms with Crippen LogP contribution in [0.5, 0.6) is 0 Å². The molecule has 0 heterocycles. The normalized spacial score (nSPS) is 13.1. The maximum absolute atomic E-state index is 12.9. The van der Waals surface area contributed by atoms with Gasteiger partial charge in [-0.05, 0) is 51.0 Å². The third-order valence-corrected chi connectivity index (χ3v) is 6.12. The van der Waals surface area contributed by atoms with Crippen molar-refractivity contribution in [2.75, 3.05) is 33.4 Å². The molecule has 0 atom stereocenters. The molecule has 1 aliphatic carbocycles. The van der Waals surface area contributed by atoms with E-state index < -0.39 is 6.09 Å². The van der Waals surface area contributed by atoms with Crippen LogP contribution in [0.2, 0.25) is 0 Å². The lowest BCUT2D eigenvalue weighted by atomic mass is 9.90. The van der Waals surface area contributed by atoms with Gasteiger partial charge in [0.15, 0.2) is 5.78 Å². The number of Topliss-reactive ketones (excluding diaryl/α,β-unsaturated/α-hetero) is 2. The van der Waals surface area contributed by atoms with E-state index >= 15 is 0 Å². The molecule has 1 aliphatic rings. The van der Waals surface area contributed by atoms with Gasteiger partial charge in [-0.15, -0.1) is 0 Å². The summed E-state index contributed by atoms with van der Waals surface area (Å²) in [5, 5.41) is 8.63. The van der Waals surface area contributed by atoms with Gasteiger partial charge in [-0.1, -0.05) is 30.7 Å². The molecule has 0 aliphatic heterocycles. The molecule has 0 fully saturated rings. The Labute approximate surface area is 219 Å². The second kappa shape index (κ2) is 17.3. The maximum atomic E-state index is 12.9. The average molecular weight is 516 g/mol. The van der Waals surface area contributed by atoms with E-state index in [1.54, 1.807) is 19.1 Å². The molecule has 204 valence electrons. The summed E-state index contributed by atoms with van der Waals surface area (Å²) in [5.74, 6) is 0.00706. The zero-order chi connectivity index (χ0) is 26.9. The van der Waals surface area contributed by atoms with Gasteiger partial charge in [0.2, 0.25) is 5.91 Å². The highest BCUT2D eigenvalue weighted by atomic mass is 16.5. The zero-order valence-electron chi connectivity index (χ0n) is 22.2. The molecule has 1 aromatic rings. The SMILES string of the molecule is CNC1=C(C(=O)c2ccc(CNC(=O)COCCCOC(=O)NCCCCCC(C)=O)cc2)CCCC1. The molecule has 9 nitrogen and oxygen atoms in total. The first-order valence-corrected chi connectivity index (χ1v) is 13.2. The number of benzene rings is 1. The largest absolute Gasteiger partial charge is 0.449 e. The fourth-order valence-corrected chi connectivity index (χ4v) is 4.04. The number of ketones is 2. The molecule has 37 heavy (non-hydrogen) atoms. The van der Waals surface area contributed by atoms with Gasteiger partial charge in [-0.2, -0.15) is 0 Å². The molecule has 0 saturated carbocycles. The van der Waals surface area contributed by atoms with E-state index in [1.807, 2.05) is 19.2 Å². The van der Waals surface area contributed by atoms with Crippen molar-refractivity contribution in [3.05, 3.63) is 46.7 Å². The molecule has 0 bridgehead atoms. The van der Waals surface area contributed by atoms with Crippen molar-refractivity contribution in [3.63, 3.8) is 0 Å². The van der Waals surface area contributed by atoms with Crippen molar-refractivity contribution in [1.29, 1.82) is 0 Å². The summed E-state index contributed by atoms with van der Waals surface area (Å²) in [6, 6.07) is 7.32. The van der Waals surface area contributed by atoms with Crippen LogP contribution in [-0.4, -0.2) is 57.0 Å². The molecular weight excluding hydrogens is 474 g/mol. The smallest absolute Gasteiger partial charge is 0.407 e. The van der Waals surface area contributed by atoms with E-state index in [-0.39, 0.29) is 30.7 Å². The van der Waals surface area contributed by atoms with Crippen LogP contribution in [0.15, 0.2) is 35.5 Å². The van der Waals surface area contributed by atoms with Crippen molar-refractivity contribution in [1.82, 2.24) is 16.0 Å². The molecule has 9 heteroatoms. The van der Waals surface area contributed by atoms with Gasteiger partial charge in [0.1, 0.15) is 12.4 Å². The first kappa shape index (κ1) is 30.0. The van der Waals surface area contributed by atoms with Gasteiger partial charge in [0.25, 0.3) is 0 Å². The van der Waals surface area contributed by atoms with Gasteiger partial charge >= 0.3 is 6.09 Å². The quantitative estimate of drug-likeness (QED) is 0.213. The summed E-state index contributed by atoms with van der Waals surface area (Å²) in [6.45, 7) is 2.86. The van der Waals surface area contributed by atoms with Gasteiger partial charge < -0.3 is 30.2 Å². The highest BCUT2D eigenvalue weighted by Crippen LogP contribution is 2.26. The molecular formula is C28H41N3O6.